The first kappa shape index (κ1) is 19.5. The van der Waals surface area contributed by atoms with Crippen molar-refractivity contribution in [1.82, 2.24) is 0 Å². The molecular weight excluding hydrogens is 294 g/mol. The number of carbonyl (C=O) groups is 1. The van der Waals surface area contributed by atoms with Gasteiger partial charge in [-0.1, -0.05) is 7.43 Å². The van der Waals surface area contributed by atoms with Crippen LogP contribution in [0.15, 0.2) is 48.5 Å². The van der Waals surface area contributed by atoms with Crippen LogP contribution < -0.4 is 10.5 Å². The lowest BCUT2D eigenvalue weighted by atomic mass is 10.3. The highest BCUT2D eigenvalue weighted by Crippen LogP contribution is 2.12. The van der Waals surface area contributed by atoms with Gasteiger partial charge in [0.25, 0.3) is 0 Å². The lowest BCUT2D eigenvalue weighted by molar-refractivity contribution is -0.121. The molecule has 7 heteroatoms. The minimum Gasteiger partial charge on any atom is -0.291 e. The second-order valence-electron chi connectivity index (χ2n) is 3.93. The Morgan fingerprint density at radius 3 is 1.77 bits per heavy atom. The van der Waals surface area contributed by atoms with E-state index in [-0.39, 0.29) is 18.9 Å². The van der Waals surface area contributed by atoms with Gasteiger partial charge in [0.2, 0.25) is 5.91 Å². The van der Waals surface area contributed by atoms with Crippen LogP contribution in [0, 0.1) is 11.6 Å². The van der Waals surface area contributed by atoms with Crippen LogP contribution in [0.4, 0.5) is 20.2 Å². The fraction of sp³-hybridized carbons (Fsp3) is 0.133. The number of nitrogens with one attached hydrogen (secondary N) is 1. The van der Waals surface area contributed by atoms with Gasteiger partial charge in [-0.2, -0.15) is 5.06 Å². The third-order valence-corrected chi connectivity index (χ3v) is 2.34. The van der Waals surface area contributed by atoms with E-state index < -0.39 is 11.7 Å². The summed E-state index contributed by atoms with van der Waals surface area (Å²) in [5.74, 6) is -1.23. The van der Waals surface area contributed by atoms with Gasteiger partial charge in [-0.05, 0) is 48.5 Å². The number of anilines is 2. The van der Waals surface area contributed by atoms with E-state index in [4.69, 9.17) is 10.4 Å². The van der Waals surface area contributed by atoms with Gasteiger partial charge in [0.05, 0.1) is 11.4 Å². The van der Waals surface area contributed by atoms with E-state index in [0.717, 1.165) is 0 Å². The fourth-order valence-electron chi connectivity index (χ4n) is 1.29. The number of nitrogens with zero attached hydrogens (tertiary/aromatic N) is 1. The first-order valence-electron chi connectivity index (χ1n) is 5.85. The van der Waals surface area contributed by atoms with Crippen molar-refractivity contribution in [3.8, 4) is 0 Å². The predicted molar refractivity (Wildman–Crippen MR) is 79.9 cm³/mol. The quantitative estimate of drug-likeness (QED) is 0.582. The summed E-state index contributed by atoms with van der Waals surface area (Å²) in [6, 6.07) is 10.4. The lowest BCUT2D eigenvalue weighted by Gasteiger charge is -2.11. The summed E-state index contributed by atoms with van der Waals surface area (Å²) in [4.78, 5) is 10.6. The molecule has 0 saturated heterocycles. The van der Waals surface area contributed by atoms with Gasteiger partial charge in [0, 0.05) is 6.92 Å². The first-order chi connectivity index (χ1) is 9.93. The summed E-state index contributed by atoms with van der Waals surface area (Å²) in [6.07, 6.45) is 0. The Labute approximate surface area is 127 Å². The van der Waals surface area contributed by atoms with Crippen LogP contribution >= 0.6 is 0 Å². The maximum absolute atomic E-state index is 12.4. The minimum atomic E-state index is -0.512. The molecule has 1 amide bonds. The van der Waals surface area contributed by atoms with Crippen molar-refractivity contribution < 1.29 is 24.0 Å². The van der Waals surface area contributed by atoms with Crippen molar-refractivity contribution in [2.75, 3.05) is 10.5 Å². The number of benzene rings is 2. The molecule has 3 N–H and O–H groups in total. The summed E-state index contributed by atoms with van der Waals surface area (Å²) in [5.41, 5.74) is 2.62. The highest BCUT2D eigenvalue weighted by Gasteiger charge is 2.06. The average Bonchev–Trinajstić information content (AvgIpc) is 2.49. The third kappa shape index (κ3) is 6.29. The van der Waals surface area contributed by atoms with Crippen LogP contribution in [0.5, 0.6) is 0 Å². The zero-order valence-electron chi connectivity index (χ0n) is 11.1. The second kappa shape index (κ2) is 9.43. The number of halogens is 2. The van der Waals surface area contributed by atoms with Gasteiger partial charge < -0.3 is 0 Å². The molecule has 0 atom stereocenters. The fourth-order valence-corrected chi connectivity index (χ4v) is 1.29. The SMILES string of the molecule is C.CC(=O)N(O)c1ccc(F)cc1.ONc1ccc(F)cc1. The molecule has 0 spiro atoms. The van der Waals surface area contributed by atoms with Crippen LogP contribution in [0.25, 0.3) is 0 Å². The van der Waals surface area contributed by atoms with Gasteiger partial charge in [-0.15, -0.1) is 0 Å². The summed E-state index contributed by atoms with van der Waals surface area (Å²) >= 11 is 0. The molecule has 120 valence electrons. The maximum atomic E-state index is 12.4. The van der Waals surface area contributed by atoms with Gasteiger partial charge >= 0.3 is 0 Å². The predicted octanol–water partition coefficient (Wildman–Crippen LogP) is 3.83. The summed E-state index contributed by atoms with van der Waals surface area (Å²) in [7, 11) is 0. The average molecular weight is 312 g/mol. The molecule has 0 aromatic heterocycles. The first-order valence-corrected chi connectivity index (χ1v) is 5.85. The molecular formula is C15H18F2N2O3. The maximum Gasteiger partial charge on any atom is 0.247 e. The van der Waals surface area contributed by atoms with Crippen LogP contribution in [0.2, 0.25) is 0 Å². The highest BCUT2D eigenvalue weighted by molar-refractivity contribution is 5.88. The van der Waals surface area contributed by atoms with Crippen LogP contribution in [0.3, 0.4) is 0 Å². The monoisotopic (exact) mass is 312 g/mol. The van der Waals surface area contributed by atoms with Gasteiger partial charge in [0.1, 0.15) is 11.6 Å². The van der Waals surface area contributed by atoms with Crippen molar-refractivity contribution in [3.05, 3.63) is 60.2 Å². The largest absolute Gasteiger partial charge is 0.291 e. The molecule has 0 bridgehead atoms. The molecule has 0 aliphatic rings. The van der Waals surface area contributed by atoms with Crippen molar-refractivity contribution >= 4 is 17.3 Å². The Kier molecular flexibility index (Phi) is 8.35. The number of hydrogen-bond donors (Lipinski definition) is 3. The van der Waals surface area contributed by atoms with E-state index in [1.165, 1.54) is 55.5 Å². The molecule has 0 unspecified atom stereocenters. The number of amides is 1. The minimum absolute atomic E-state index is 0. The van der Waals surface area contributed by atoms with E-state index >= 15 is 0 Å². The van der Waals surface area contributed by atoms with Gasteiger partial charge in [-0.25, -0.2) is 8.78 Å². The topological polar surface area (TPSA) is 72.8 Å². The van der Waals surface area contributed by atoms with E-state index in [9.17, 15) is 13.6 Å². The molecule has 0 heterocycles. The molecule has 0 radical (unpaired) electrons. The zero-order chi connectivity index (χ0) is 15.8. The van der Waals surface area contributed by atoms with Crippen molar-refractivity contribution in [1.29, 1.82) is 0 Å². The Morgan fingerprint density at radius 1 is 1.00 bits per heavy atom. The lowest BCUT2D eigenvalue weighted by Crippen LogP contribution is -2.23. The van der Waals surface area contributed by atoms with Gasteiger partial charge in [-0.3, -0.25) is 20.7 Å². The third-order valence-electron chi connectivity index (χ3n) is 2.34. The van der Waals surface area contributed by atoms with Crippen molar-refractivity contribution in [3.63, 3.8) is 0 Å². The van der Waals surface area contributed by atoms with Crippen LogP contribution in [-0.4, -0.2) is 16.3 Å². The van der Waals surface area contributed by atoms with E-state index in [0.29, 0.717) is 10.8 Å². The van der Waals surface area contributed by atoms with Gasteiger partial charge in [0.15, 0.2) is 0 Å². The highest BCUT2D eigenvalue weighted by atomic mass is 19.1. The Hall–Kier alpha value is -2.51. The molecule has 0 fully saturated rings. The molecule has 22 heavy (non-hydrogen) atoms. The van der Waals surface area contributed by atoms with E-state index in [1.807, 2.05) is 5.48 Å². The molecule has 2 aromatic carbocycles. The molecule has 0 aliphatic carbocycles. The zero-order valence-corrected chi connectivity index (χ0v) is 11.1. The summed E-state index contributed by atoms with van der Waals surface area (Å²) in [5, 5.41) is 17.8. The molecule has 2 aromatic rings. The summed E-state index contributed by atoms with van der Waals surface area (Å²) < 4.78 is 24.5. The second-order valence-corrected chi connectivity index (χ2v) is 3.93. The number of hydrogen-bond acceptors (Lipinski definition) is 4. The normalized spacial score (nSPS) is 8.95. The Bertz CT molecular complexity index is 574. The molecule has 0 saturated carbocycles. The number of hydroxylamine groups is 1. The summed E-state index contributed by atoms with van der Waals surface area (Å²) in [6.45, 7) is 1.21. The Balaban J connectivity index is 0.000000397. The van der Waals surface area contributed by atoms with Crippen molar-refractivity contribution in [2.24, 2.45) is 0 Å². The van der Waals surface area contributed by atoms with Crippen molar-refractivity contribution in [2.45, 2.75) is 14.4 Å². The van der Waals surface area contributed by atoms with E-state index in [2.05, 4.69) is 0 Å². The smallest absolute Gasteiger partial charge is 0.247 e. The van der Waals surface area contributed by atoms with Crippen LogP contribution in [-0.2, 0) is 4.79 Å². The molecule has 5 nitrogen and oxygen atoms in total. The molecule has 0 aliphatic heterocycles. The molecule has 2 rings (SSSR count). The van der Waals surface area contributed by atoms with Crippen LogP contribution in [0.1, 0.15) is 14.4 Å². The Morgan fingerprint density at radius 2 is 1.41 bits per heavy atom. The number of rotatable bonds is 2. The number of carbonyl (C=O) groups excluding carboxylic acids is 1. The standard InChI is InChI=1S/C8H8FNO2.C6H6FNO.CH4/c1-6(11)10(12)8-4-2-7(9)3-5-8;7-5-1-3-6(8-9)4-2-5;/h2-5,12H,1H3;1-4,8-9H;1H4. The van der Waals surface area contributed by atoms with E-state index in [1.54, 1.807) is 0 Å².